The maximum absolute atomic E-state index is 5.54. The minimum Gasteiger partial charge on any atom is -0.299 e. The molecule has 0 spiro atoms. The summed E-state index contributed by atoms with van der Waals surface area (Å²) >= 11 is 0. The summed E-state index contributed by atoms with van der Waals surface area (Å²) in [6.45, 7) is 2.12. The lowest BCUT2D eigenvalue weighted by atomic mass is 10.2. The van der Waals surface area contributed by atoms with E-state index in [0.29, 0.717) is 0 Å². The third-order valence-corrected chi connectivity index (χ3v) is 3.01. The molecule has 1 aliphatic rings. The standard InChI is InChI=1S/C12H15N4O/c1-4-8-15(9-5-1)10-17-16-12-7-3-2-6-11(12)13-14-16/h2-3,6-7,10H,1,4-5,8-9H2/q+1. The van der Waals surface area contributed by atoms with Crippen molar-refractivity contribution in [3.8, 4) is 0 Å². The highest BCUT2D eigenvalue weighted by molar-refractivity contribution is 5.73. The highest BCUT2D eigenvalue weighted by Crippen LogP contribution is 2.08. The van der Waals surface area contributed by atoms with E-state index in [1.165, 1.54) is 24.1 Å². The van der Waals surface area contributed by atoms with Crippen molar-refractivity contribution in [2.75, 3.05) is 13.1 Å². The fourth-order valence-corrected chi connectivity index (χ4v) is 2.06. The lowest BCUT2D eigenvalue weighted by molar-refractivity contribution is -0.540. The fourth-order valence-electron chi connectivity index (χ4n) is 2.06. The van der Waals surface area contributed by atoms with E-state index in [9.17, 15) is 0 Å². The summed E-state index contributed by atoms with van der Waals surface area (Å²) in [5, 5.41) is 8.00. The third-order valence-electron chi connectivity index (χ3n) is 3.01. The van der Waals surface area contributed by atoms with Crippen LogP contribution in [0.15, 0.2) is 24.3 Å². The van der Waals surface area contributed by atoms with Crippen LogP contribution in [0.1, 0.15) is 19.3 Å². The van der Waals surface area contributed by atoms with Crippen LogP contribution in [0.5, 0.6) is 0 Å². The van der Waals surface area contributed by atoms with Gasteiger partial charge < -0.3 is 0 Å². The number of para-hydroxylation sites is 1. The van der Waals surface area contributed by atoms with Crippen LogP contribution < -0.4 is 4.84 Å². The van der Waals surface area contributed by atoms with Gasteiger partial charge in [0.1, 0.15) is 24.1 Å². The molecule has 0 amide bonds. The second kappa shape index (κ2) is 4.53. The summed E-state index contributed by atoms with van der Waals surface area (Å²) in [7, 11) is 0. The molecule has 1 fully saturated rings. The summed E-state index contributed by atoms with van der Waals surface area (Å²) in [4.78, 5) is 7.00. The van der Waals surface area contributed by atoms with Crippen molar-refractivity contribution in [3.05, 3.63) is 24.3 Å². The van der Waals surface area contributed by atoms with Crippen molar-refractivity contribution in [2.45, 2.75) is 19.3 Å². The van der Waals surface area contributed by atoms with E-state index in [1.807, 2.05) is 24.3 Å². The molecule has 1 aliphatic heterocycles. The van der Waals surface area contributed by atoms with E-state index in [0.717, 1.165) is 24.1 Å². The topological polar surface area (TPSA) is 42.9 Å². The quantitative estimate of drug-likeness (QED) is 0.574. The second-order valence-electron chi connectivity index (χ2n) is 4.26. The normalized spacial score (nSPS) is 16.1. The third kappa shape index (κ3) is 2.13. The van der Waals surface area contributed by atoms with E-state index in [-0.39, 0.29) is 0 Å². The molecule has 5 nitrogen and oxygen atoms in total. The van der Waals surface area contributed by atoms with Crippen LogP contribution in [0.2, 0.25) is 0 Å². The molecule has 0 N–H and O–H groups in total. The van der Waals surface area contributed by atoms with Gasteiger partial charge in [-0.1, -0.05) is 17.0 Å². The molecule has 0 saturated carbocycles. The second-order valence-corrected chi connectivity index (χ2v) is 4.26. The van der Waals surface area contributed by atoms with Crippen LogP contribution >= 0.6 is 0 Å². The molecule has 2 heterocycles. The van der Waals surface area contributed by atoms with Crippen molar-refractivity contribution in [1.82, 2.24) is 15.2 Å². The van der Waals surface area contributed by atoms with Crippen molar-refractivity contribution >= 4 is 17.4 Å². The smallest absolute Gasteiger partial charge is 0.299 e. The average molecular weight is 231 g/mol. The Morgan fingerprint density at radius 1 is 1.18 bits per heavy atom. The Balaban J connectivity index is 1.80. The summed E-state index contributed by atoms with van der Waals surface area (Å²) < 4.78 is 2.18. The molecular formula is C12H15N4O+. The molecule has 17 heavy (non-hydrogen) atoms. The molecule has 5 heteroatoms. The first-order chi connectivity index (χ1) is 8.43. The monoisotopic (exact) mass is 231 g/mol. The van der Waals surface area contributed by atoms with Gasteiger partial charge in [0.2, 0.25) is 0 Å². The van der Waals surface area contributed by atoms with E-state index in [4.69, 9.17) is 4.84 Å². The molecule has 1 saturated heterocycles. The number of fused-ring (bicyclic) bond motifs is 1. The Morgan fingerprint density at radius 3 is 2.88 bits per heavy atom. The molecule has 0 radical (unpaired) electrons. The van der Waals surface area contributed by atoms with Gasteiger partial charge in [-0.05, 0) is 23.8 Å². The molecule has 1 aromatic heterocycles. The maximum atomic E-state index is 5.54. The number of hydrogen-bond acceptors (Lipinski definition) is 3. The minimum absolute atomic E-state index is 0.847. The first-order valence-corrected chi connectivity index (χ1v) is 5.98. The van der Waals surface area contributed by atoms with E-state index >= 15 is 0 Å². The molecule has 88 valence electrons. The Morgan fingerprint density at radius 2 is 2.00 bits per heavy atom. The van der Waals surface area contributed by atoms with Crippen molar-refractivity contribution in [3.63, 3.8) is 0 Å². The largest absolute Gasteiger partial charge is 0.351 e. The molecule has 2 aromatic rings. The lowest BCUT2D eigenvalue weighted by Gasteiger charge is -2.08. The zero-order valence-electron chi connectivity index (χ0n) is 9.62. The van der Waals surface area contributed by atoms with Gasteiger partial charge >= 0.3 is 6.40 Å². The van der Waals surface area contributed by atoms with Crippen LogP contribution in [-0.4, -0.2) is 39.2 Å². The highest BCUT2D eigenvalue weighted by Gasteiger charge is 2.11. The first kappa shape index (κ1) is 10.3. The van der Waals surface area contributed by atoms with Gasteiger partial charge in [0.25, 0.3) is 0 Å². The zero-order chi connectivity index (χ0) is 11.5. The number of nitrogens with zero attached hydrogens (tertiary/aromatic N) is 4. The van der Waals surface area contributed by atoms with E-state index in [1.54, 1.807) is 6.40 Å². The summed E-state index contributed by atoms with van der Waals surface area (Å²) in [5.74, 6) is 0. The van der Waals surface area contributed by atoms with Gasteiger partial charge in [-0.2, -0.15) is 0 Å². The maximum Gasteiger partial charge on any atom is 0.351 e. The van der Waals surface area contributed by atoms with Gasteiger partial charge in [0, 0.05) is 12.8 Å². The molecule has 0 bridgehead atoms. The number of benzene rings is 1. The van der Waals surface area contributed by atoms with Crippen molar-refractivity contribution in [2.24, 2.45) is 0 Å². The average Bonchev–Trinajstić information content (AvgIpc) is 2.81. The first-order valence-electron chi connectivity index (χ1n) is 5.98. The Labute approximate surface area is 99.3 Å². The highest BCUT2D eigenvalue weighted by atomic mass is 16.7. The molecular weight excluding hydrogens is 216 g/mol. The summed E-state index contributed by atoms with van der Waals surface area (Å²) in [5.41, 5.74) is 1.74. The van der Waals surface area contributed by atoms with Crippen LogP contribution in [-0.2, 0) is 0 Å². The van der Waals surface area contributed by atoms with Crippen molar-refractivity contribution in [1.29, 1.82) is 0 Å². The zero-order valence-corrected chi connectivity index (χ0v) is 9.62. The van der Waals surface area contributed by atoms with Gasteiger partial charge in [-0.3, -0.25) is 4.84 Å². The van der Waals surface area contributed by atoms with Gasteiger partial charge in [-0.15, -0.1) is 5.10 Å². The Kier molecular flexibility index (Phi) is 2.73. The van der Waals surface area contributed by atoms with Gasteiger partial charge in [0.15, 0.2) is 0 Å². The Hall–Kier alpha value is -1.91. The number of piperidine rings is 1. The molecule has 0 atom stereocenters. The SMILES string of the molecule is C(On1nnc2ccccc21)=[N+]1CCCCC1. The minimum atomic E-state index is 0.847. The van der Waals surface area contributed by atoms with Gasteiger partial charge in [0.05, 0.1) is 0 Å². The molecule has 3 rings (SSSR count). The fraction of sp³-hybridized carbons (Fsp3) is 0.417. The lowest BCUT2D eigenvalue weighted by Crippen LogP contribution is -2.26. The molecule has 0 aliphatic carbocycles. The van der Waals surface area contributed by atoms with Crippen LogP contribution in [0.3, 0.4) is 0 Å². The van der Waals surface area contributed by atoms with Crippen LogP contribution in [0.25, 0.3) is 11.0 Å². The predicted octanol–water partition coefficient (Wildman–Crippen LogP) is 1.08. The summed E-state index contributed by atoms with van der Waals surface area (Å²) in [6, 6.07) is 7.75. The number of rotatable bonds is 2. The predicted molar refractivity (Wildman–Crippen MR) is 64.0 cm³/mol. The summed E-state index contributed by atoms with van der Waals surface area (Å²) in [6.07, 6.45) is 5.53. The molecule has 0 unspecified atom stereocenters. The van der Waals surface area contributed by atoms with Gasteiger partial charge in [-0.25, -0.2) is 4.58 Å². The van der Waals surface area contributed by atoms with E-state index < -0.39 is 0 Å². The van der Waals surface area contributed by atoms with Crippen molar-refractivity contribution < 1.29 is 9.41 Å². The molecule has 1 aromatic carbocycles. The number of aromatic nitrogens is 3. The van der Waals surface area contributed by atoms with Crippen LogP contribution in [0.4, 0.5) is 0 Å². The van der Waals surface area contributed by atoms with Crippen LogP contribution in [0, 0.1) is 0 Å². The Bertz CT molecular complexity index is 538. The number of hydrogen-bond donors (Lipinski definition) is 0. The van der Waals surface area contributed by atoms with E-state index in [2.05, 4.69) is 14.9 Å².